The van der Waals surface area contributed by atoms with Crippen LogP contribution < -0.4 is 0 Å². The maximum absolute atomic E-state index is 13.4. The fourth-order valence-electron chi connectivity index (χ4n) is 5.90. The van der Waals surface area contributed by atoms with Crippen LogP contribution in [0.4, 0.5) is 0 Å². The van der Waals surface area contributed by atoms with E-state index in [0.717, 1.165) is 29.3 Å². The van der Waals surface area contributed by atoms with Gasteiger partial charge < -0.3 is 9.47 Å². The molecule has 0 amide bonds. The van der Waals surface area contributed by atoms with Gasteiger partial charge in [0.2, 0.25) is 0 Å². The van der Waals surface area contributed by atoms with Crippen LogP contribution in [0.5, 0.6) is 0 Å². The molecule has 6 unspecified atom stereocenters. The molecule has 1 aromatic rings. The van der Waals surface area contributed by atoms with E-state index in [1.54, 1.807) is 6.07 Å². The third-order valence-corrected chi connectivity index (χ3v) is 9.88. The van der Waals surface area contributed by atoms with Crippen molar-refractivity contribution in [3.63, 3.8) is 0 Å². The molecule has 188 valence electrons. The molecule has 1 aliphatic heterocycles. The molecule has 0 spiro atoms. The van der Waals surface area contributed by atoms with Gasteiger partial charge in [0.1, 0.15) is 53.4 Å². The minimum atomic E-state index is -4.35. The molecular weight excluding hydrogens is 497 g/mol. The predicted molar refractivity (Wildman–Crippen MR) is 132 cm³/mol. The van der Waals surface area contributed by atoms with Gasteiger partial charge in [-0.3, -0.25) is 13.5 Å². The maximum Gasteiger partial charge on any atom is 0.338 e. The van der Waals surface area contributed by atoms with E-state index in [0.29, 0.717) is 18.3 Å². The standard InChI is InChI=1S/C20H27B3O10S2/c21-6-9-3-10(7-22)14(8-23)11(4-9)19(24)32-16-12-5-13-17(16)33-35(29,30)18(13)15(12)20(25)31-1-2-34(26,27)28/h3-4,12-13,15-18H,1-2,5-8,21-23H2,(H,26,27,28). The summed E-state index contributed by atoms with van der Waals surface area (Å²) in [6.07, 6.45) is 0.572. The highest BCUT2D eigenvalue weighted by molar-refractivity contribution is 7.87. The Labute approximate surface area is 207 Å². The van der Waals surface area contributed by atoms with E-state index in [-0.39, 0.29) is 0 Å². The first-order valence-corrected chi connectivity index (χ1v) is 14.9. The number of hydrogen-bond acceptors (Lipinski definition) is 9. The molecule has 35 heavy (non-hydrogen) atoms. The van der Waals surface area contributed by atoms with Crippen LogP contribution >= 0.6 is 0 Å². The van der Waals surface area contributed by atoms with Crippen LogP contribution in [0.3, 0.4) is 0 Å². The summed E-state index contributed by atoms with van der Waals surface area (Å²) in [6.45, 7) is -0.615. The Morgan fingerprint density at radius 2 is 1.83 bits per heavy atom. The van der Waals surface area contributed by atoms with Crippen molar-refractivity contribution >= 4 is 55.7 Å². The van der Waals surface area contributed by atoms with Crippen molar-refractivity contribution in [1.82, 2.24) is 0 Å². The average Bonchev–Trinajstić information content (AvgIpc) is 3.39. The lowest BCUT2D eigenvalue weighted by atomic mass is 9.81. The van der Waals surface area contributed by atoms with Gasteiger partial charge in [0.25, 0.3) is 20.2 Å². The van der Waals surface area contributed by atoms with Crippen LogP contribution in [0.2, 0.25) is 0 Å². The summed E-state index contributed by atoms with van der Waals surface area (Å²) in [5, 5.41) is -1.13. The van der Waals surface area contributed by atoms with Crippen LogP contribution in [0.25, 0.3) is 0 Å². The van der Waals surface area contributed by atoms with E-state index in [1.807, 2.05) is 23.5 Å². The summed E-state index contributed by atoms with van der Waals surface area (Å²) in [4.78, 5) is 26.2. The Balaban J connectivity index is 1.60. The number of carbonyl (C=O) groups is 2. The zero-order chi connectivity index (χ0) is 25.7. The normalized spacial score (nSPS) is 30.3. The molecular formula is C20H27B3O10S2. The zero-order valence-electron chi connectivity index (χ0n) is 19.8. The highest BCUT2D eigenvalue weighted by Crippen LogP contribution is 2.58. The predicted octanol–water partition coefficient (Wildman–Crippen LogP) is -2.59. The van der Waals surface area contributed by atoms with Crippen molar-refractivity contribution in [2.24, 2.45) is 17.8 Å². The second-order valence-electron chi connectivity index (χ2n) is 9.27. The summed E-state index contributed by atoms with van der Waals surface area (Å²) in [5.41, 5.74) is 3.33. The van der Waals surface area contributed by atoms with Crippen molar-refractivity contribution in [3.8, 4) is 0 Å². The number of ether oxygens (including phenoxy) is 2. The Bertz CT molecular complexity index is 1250. The van der Waals surface area contributed by atoms with Crippen LogP contribution in [-0.4, -0.2) is 86.7 Å². The molecule has 0 radical (unpaired) electrons. The molecule has 1 N–H and O–H groups in total. The number of rotatable bonds is 9. The number of fused-ring (bicyclic) bond motifs is 1. The number of carbonyl (C=O) groups excluding carboxylic acids is 2. The number of esters is 2. The second kappa shape index (κ2) is 9.57. The topological polar surface area (TPSA) is 150 Å². The highest BCUT2D eigenvalue weighted by atomic mass is 32.2. The summed E-state index contributed by atoms with van der Waals surface area (Å²) >= 11 is 0. The number of hydrogen-bond donors (Lipinski definition) is 1. The molecule has 1 heterocycles. The van der Waals surface area contributed by atoms with Crippen LogP contribution in [0, 0.1) is 17.8 Å². The van der Waals surface area contributed by atoms with Crippen LogP contribution in [0.1, 0.15) is 33.5 Å². The lowest BCUT2D eigenvalue weighted by molar-refractivity contribution is -0.152. The largest absolute Gasteiger partial charge is 0.464 e. The van der Waals surface area contributed by atoms with Gasteiger partial charge in [0.05, 0.1) is 11.5 Å². The minimum Gasteiger partial charge on any atom is -0.464 e. The lowest BCUT2D eigenvalue weighted by Crippen LogP contribution is -2.46. The van der Waals surface area contributed by atoms with Gasteiger partial charge in [-0.05, 0) is 18.1 Å². The molecule has 1 saturated heterocycles. The first-order valence-electron chi connectivity index (χ1n) is 11.8. The van der Waals surface area contributed by atoms with Gasteiger partial charge in [-0.25, -0.2) is 4.79 Å². The maximum atomic E-state index is 13.4. The van der Waals surface area contributed by atoms with Gasteiger partial charge in [-0.2, -0.15) is 16.8 Å². The third-order valence-electron chi connectivity index (χ3n) is 7.39. The molecule has 6 atom stereocenters. The second-order valence-corrected chi connectivity index (χ2v) is 12.6. The smallest absolute Gasteiger partial charge is 0.338 e. The average molecular weight is 524 g/mol. The van der Waals surface area contributed by atoms with E-state index in [2.05, 4.69) is 6.07 Å². The van der Waals surface area contributed by atoms with Crippen molar-refractivity contribution in [2.75, 3.05) is 12.4 Å². The van der Waals surface area contributed by atoms with Gasteiger partial charge >= 0.3 is 11.9 Å². The summed E-state index contributed by atoms with van der Waals surface area (Å²) < 4.78 is 72.3. The Morgan fingerprint density at radius 3 is 2.43 bits per heavy atom. The van der Waals surface area contributed by atoms with Crippen molar-refractivity contribution in [2.45, 2.75) is 42.8 Å². The first kappa shape index (κ1) is 26.2. The molecule has 10 nitrogen and oxygen atoms in total. The van der Waals surface area contributed by atoms with Crippen molar-refractivity contribution < 1.29 is 44.6 Å². The molecule has 3 aliphatic rings. The Kier molecular flexibility index (Phi) is 7.17. The quantitative estimate of drug-likeness (QED) is 0.158. The summed E-state index contributed by atoms with van der Waals surface area (Å²) in [7, 11) is -2.51. The molecule has 2 saturated carbocycles. The van der Waals surface area contributed by atoms with Gasteiger partial charge in [-0.1, -0.05) is 36.2 Å². The SMILES string of the molecule is BCc1cc(CB)c(CB)c(C(=O)OC2C3CC4C2OS(=O)(=O)C4C3C(=O)OCCS(=O)(=O)O)c1. The van der Waals surface area contributed by atoms with Crippen molar-refractivity contribution in [1.29, 1.82) is 0 Å². The van der Waals surface area contributed by atoms with E-state index in [4.69, 9.17) is 18.2 Å². The molecule has 2 aliphatic carbocycles. The number of benzene rings is 1. The van der Waals surface area contributed by atoms with Gasteiger partial charge in [0, 0.05) is 11.8 Å². The monoisotopic (exact) mass is 524 g/mol. The first-order chi connectivity index (χ1) is 16.4. The molecule has 4 rings (SSSR count). The zero-order valence-corrected chi connectivity index (χ0v) is 21.4. The molecule has 0 aromatic heterocycles. The third kappa shape index (κ3) is 4.79. The lowest BCUT2D eigenvalue weighted by Gasteiger charge is -2.30. The highest BCUT2D eigenvalue weighted by Gasteiger charge is 2.72. The summed E-state index contributed by atoms with van der Waals surface area (Å²) in [5.74, 6) is -4.62. The Morgan fingerprint density at radius 1 is 1.11 bits per heavy atom. The van der Waals surface area contributed by atoms with E-state index in [9.17, 15) is 26.4 Å². The summed E-state index contributed by atoms with van der Waals surface area (Å²) in [6, 6.07) is 3.87. The van der Waals surface area contributed by atoms with Gasteiger partial charge in [-0.15, -0.1) is 0 Å². The molecule has 2 bridgehead atoms. The minimum absolute atomic E-state index is 0.306. The molecule has 1 aromatic carbocycles. The van der Waals surface area contributed by atoms with Crippen molar-refractivity contribution in [3.05, 3.63) is 34.4 Å². The Hall–Kier alpha value is -1.83. The van der Waals surface area contributed by atoms with E-state index < -0.39 is 79.7 Å². The van der Waals surface area contributed by atoms with E-state index >= 15 is 0 Å². The fraction of sp³-hybridized carbons (Fsp3) is 0.600. The molecule has 15 heteroatoms. The van der Waals surface area contributed by atoms with Crippen LogP contribution in [0.15, 0.2) is 12.1 Å². The van der Waals surface area contributed by atoms with Crippen LogP contribution in [-0.2, 0) is 57.6 Å². The fourth-order valence-corrected chi connectivity index (χ4v) is 8.25. The van der Waals surface area contributed by atoms with Gasteiger partial charge in [0.15, 0.2) is 0 Å². The van der Waals surface area contributed by atoms with E-state index in [1.165, 1.54) is 0 Å². The molecule has 3 fully saturated rings.